The molecule has 0 aliphatic carbocycles. The predicted molar refractivity (Wildman–Crippen MR) is 38.8 cm³/mol. The molecule has 0 aliphatic heterocycles. The highest BCUT2D eigenvalue weighted by atomic mass is 32.2. The molecular formula is C6H6NO3S-. The first kappa shape index (κ1) is 8.03. The molecule has 1 aromatic rings. The Morgan fingerprint density at radius 3 is 2.18 bits per heavy atom. The molecule has 0 aromatic heterocycles. The van der Waals surface area contributed by atoms with Crippen molar-refractivity contribution < 1.29 is 13.0 Å². The smallest absolute Gasteiger partial charge is 0.126 e. The molecule has 11 heavy (non-hydrogen) atoms. The van der Waals surface area contributed by atoms with E-state index >= 15 is 0 Å². The zero-order chi connectivity index (χ0) is 8.48. The van der Waals surface area contributed by atoms with Gasteiger partial charge in [0.25, 0.3) is 0 Å². The summed E-state index contributed by atoms with van der Waals surface area (Å²) in [5.74, 6) is 0. The number of para-hydroxylation sites is 1. The normalized spacial score (nSPS) is 11.4. The summed E-state index contributed by atoms with van der Waals surface area (Å²) in [5.41, 5.74) is 5.22. The van der Waals surface area contributed by atoms with Crippen LogP contribution in [-0.2, 0) is 10.1 Å². The molecule has 5 heteroatoms. The number of rotatable bonds is 1. The molecule has 60 valence electrons. The molecule has 0 atom stereocenters. The molecule has 1 rings (SSSR count). The number of benzene rings is 1. The van der Waals surface area contributed by atoms with Crippen LogP contribution >= 0.6 is 0 Å². The van der Waals surface area contributed by atoms with Crippen LogP contribution in [0.25, 0.3) is 0 Å². The van der Waals surface area contributed by atoms with Crippen LogP contribution in [0, 0.1) is 0 Å². The molecule has 0 bridgehead atoms. The third-order valence-electron chi connectivity index (χ3n) is 1.19. The molecule has 0 saturated carbocycles. The first-order chi connectivity index (χ1) is 5.02. The van der Waals surface area contributed by atoms with Gasteiger partial charge in [-0.2, -0.15) is 0 Å². The van der Waals surface area contributed by atoms with Crippen molar-refractivity contribution in [1.82, 2.24) is 0 Å². The van der Waals surface area contributed by atoms with Crippen LogP contribution in [0.4, 0.5) is 5.69 Å². The maximum atomic E-state index is 10.4. The summed E-state index contributed by atoms with van der Waals surface area (Å²) in [5, 5.41) is 0. The Labute approximate surface area is 64.4 Å². The lowest BCUT2D eigenvalue weighted by molar-refractivity contribution is 0.463. The largest absolute Gasteiger partial charge is 0.744 e. The van der Waals surface area contributed by atoms with Crippen LogP contribution in [0.1, 0.15) is 0 Å². The second-order valence-corrected chi connectivity index (χ2v) is 3.34. The fraction of sp³-hybridized carbons (Fsp3) is 0. The summed E-state index contributed by atoms with van der Waals surface area (Å²) < 4.78 is 31.3. The van der Waals surface area contributed by atoms with Crippen molar-refractivity contribution in [2.75, 3.05) is 5.73 Å². The molecule has 2 N–H and O–H groups in total. The van der Waals surface area contributed by atoms with Gasteiger partial charge in [-0.25, -0.2) is 8.42 Å². The maximum absolute atomic E-state index is 10.4. The van der Waals surface area contributed by atoms with E-state index in [2.05, 4.69) is 0 Å². The van der Waals surface area contributed by atoms with Crippen LogP contribution in [0.2, 0.25) is 0 Å². The highest BCUT2D eigenvalue weighted by molar-refractivity contribution is 7.85. The second kappa shape index (κ2) is 2.52. The Hall–Kier alpha value is -1.07. The molecule has 0 spiro atoms. The highest BCUT2D eigenvalue weighted by Gasteiger charge is 2.03. The Bertz CT molecular complexity index is 358. The van der Waals surface area contributed by atoms with E-state index in [1.807, 2.05) is 0 Å². The fourth-order valence-corrected chi connectivity index (χ4v) is 1.31. The quantitative estimate of drug-likeness (QED) is 0.483. The molecular weight excluding hydrogens is 166 g/mol. The van der Waals surface area contributed by atoms with E-state index in [1.54, 1.807) is 6.07 Å². The van der Waals surface area contributed by atoms with Crippen molar-refractivity contribution in [3.05, 3.63) is 24.3 Å². The average molecular weight is 172 g/mol. The third kappa shape index (κ3) is 1.69. The minimum Gasteiger partial charge on any atom is -0.744 e. The molecule has 0 fully saturated rings. The highest BCUT2D eigenvalue weighted by Crippen LogP contribution is 2.15. The predicted octanol–water partition coefficient (Wildman–Crippen LogP) is 0.173. The van der Waals surface area contributed by atoms with Gasteiger partial charge in [0.05, 0.1) is 4.90 Å². The molecule has 0 heterocycles. The molecule has 0 unspecified atom stereocenters. The first-order valence-corrected chi connectivity index (χ1v) is 4.23. The van der Waals surface area contributed by atoms with Gasteiger partial charge < -0.3 is 10.3 Å². The van der Waals surface area contributed by atoms with Gasteiger partial charge in [0.1, 0.15) is 10.1 Å². The lowest BCUT2D eigenvalue weighted by Crippen LogP contribution is -2.02. The number of nitrogen functional groups attached to an aromatic ring is 1. The van der Waals surface area contributed by atoms with Crippen molar-refractivity contribution in [2.24, 2.45) is 0 Å². The van der Waals surface area contributed by atoms with Gasteiger partial charge in [0.2, 0.25) is 0 Å². The van der Waals surface area contributed by atoms with Crippen LogP contribution < -0.4 is 5.73 Å². The van der Waals surface area contributed by atoms with Gasteiger partial charge in [-0.3, -0.25) is 0 Å². The summed E-state index contributed by atoms with van der Waals surface area (Å²) in [6.45, 7) is 0. The van der Waals surface area contributed by atoms with Gasteiger partial charge in [-0.05, 0) is 12.1 Å². The molecule has 0 radical (unpaired) electrons. The van der Waals surface area contributed by atoms with Crippen molar-refractivity contribution >= 4 is 15.8 Å². The monoisotopic (exact) mass is 172 g/mol. The molecule has 0 saturated heterocycles. The van der Waals surface area contributed by atoms with E-state index in [9.17, 15) is 13.0 Å². The van der Waals surface area contributed by atoms with Crippen LogP contribution in [0.5, 0.6) is 0 Å². The molecule has 0 amide bonds. The minimum atomic E-state index is -4.41. The number of anilines is 1. The van der Waals surface area contributed by atoms with Gasteiger partial charge in [-0.1, -0.05) is 12.1 Å². The van der Waals surface area contributed by atoms with Gasteiger partial charge in [0, 0.05) is 5.69 Å². The first-order valence-electron chi connectivity index (χ1n) is 2.82. The zero-order valence-electron chi connectivity index (χ0n) is 5.52. The molecule has 0 aliphatic rings. The zero-order valence-corrected chi connectivity index (χ0v) is 6.34. The number of hydrogen-bond donors (Lipinski definition) is 1. The van der Waals surface area contributed by atoms with E-state index in [0.717, 1.165) is 0 Å². The van der Waals surface area contributed by atoms with Gasteiger partial charge >= 0.3 is 0 Å². The SMILES string of the molecule is Nc1ccccc1S(=O)(=O)[O-]. The Morgan fingerprint density at radius 2 is 1.82 bits per heavy atom. The van der Waals surface area contributed by atoms with E-state index in [4.69, 9.17) is 5.73 Å². The summed E-state index contributed by atoms with van der Waals surface area (Å²) in [7, 11) is -4.41. The van der Waals surface area contributed by atoms with E-state index < -0.39 is 10.1 Å². The second-order valence-electron chi connectivity index (χ2n) is 1.99. The molecule has 1 aromatic carbocycles. The van der Waals surface area contributed by atoms with E-state index in [-0.39, 0.29) is 10.6 Å². The lowest BCUT2D eigenvalue weighted by atomic mass is 10.3. The summed E-state index contributed by atoms with van der Waals surface area (Å²) in [6.07, 6.45) is 0. The van der Waals surface area contributed by atoms with E-state index in [1.165, 1.54) is 18.2 Å². The van der Waals surface area contributed by atoms with Gasteiger partial charge in [-0.15, -0.1) is 0 Å². The lowest BCUT2D eigenvalue weighted by Gasteiger charge is -2.08. The van der Waals surface area contributed by atoms with Crippen LogP contribution in [0.3, 0.4) is 0 Å². The van der Waals surface area contributed by atoms with Crippen molar-refractivity contribution in [3.8, 4) is 0 Å². The standard InChI is InChI=1S/C6H7NO3S/c7-5-3-1-2-4-6(5)11(8,9)10/h1-4H,7H2,(H,8,9,10)/p-1. The van der Waals surface area contributed by atoms with Crippen LogP contribution in [0.15, 0.2) is 29.2 Å². The van der Waals surface area contributed by atoms with Crippen LogP contribution in [-0.4, -0.2) is 13.0 Å². The topological polar surface area (TPSA) is 83.2 Å². The Balaban J connectivity index is 3.37. The summed E-state index contributed by atoms with van der Waals surface area (Å²) >= 11 is 0. The third-order valence-corrected chi connectivity index (χ3v) is 2.10. The van der Waals surface area contributed by atoms with Crippen molar-refractivity contribution in [1.29, 1.82) is 0 Å². The van der Waals surface area contributed by atoms with Crippen molar-refractivity contribution in [2.45, 2.75) is 4.90 Å². The fourth-order valence-electron chi connectivity index (χ4n) is 0.708. The Kier molecular flexibility index (Phi) is 1.84. The average Bonchev–Trinajstić information content (AvgIpc) is 1.86. The maximum Gasteiger partial charge on any atom is 0.126 e. The minimum absolute atomic E-state index is 0.0116. The summed E-state index contributed by atoms with van der Waals surface area (Å²) in [4.78, 5) is -0.361. The van der Waals surface area contributed by atoms with E-state index in [0.29, 0.717) is 0 Å². The van der Waals surface area contributed by atoms with Crippen molar-refractivity contribution in [3.63, 3.8) is 0 Å². The molecule has 4 nitrogen and oxygen atoms in total. The summed E-state index contributed by atoms with van der Waals surface area (Å²) in [6, 6.07) is 5.55. The Morgan fingerprint density at radius 1 is 1.27 bits per heavy atom. The number of nitrogens with two attached hydrogens (primary N) is 1. The number of hydrogen-bond acceptors (Lipinski definition) is 4. The van der Waals surface area contributed by atoms with Gasteiger partial charge in [0.15, 0.2) is 0 Å².